The van der Waals surface area contributed by atoms with Crippen molar-refractivity contribution < 1.29 is 5.11 Å². The van der Waals surface area contributed by atoms with Gasteiger partial charge in [-0.25, -0.2) is 4.98 Å². The number of thiazole rings is 1. The van der Waals surface area contributed by atoms with E-state index in [-0.39, 0.29) is 18.7 Å². The van der Waals surface area contributed by atoms with Crippen LogP contribution >= 0.6 is 11.3 Å². The normalized spacial score (nSPS) is 15.2. The van der Waals surface area contributed by atoms with Crippen molar-refractivity contribution in [1.82, 2.24) is 10.3 Å². The number of aliphatic hydroxyl groups excluding tert-OH is 1. The summed E-state index contributed by atoms with van der Waals surface area (Å²) in [6.45, 7) is 4.18. The summed E-state index contributed by atoms with van der Waals surface area (Å²) >= 11 is 1.70. The second-order valence-electron chi connectivity index (χ2n) is 3.99. The van der Waals surface area contributed by atoms with Crippen LogP contribution in [0.5, 0.6) is 0 Å². The number of nitrogens with zero attached hydrogens (tertiary/aromatic N) is 1. The van der Waals surface area contributed by atoms with Crippen LogP contribution in [0.25, 0.3) is 10.2 Å². The quantitative estimate of drug-likeness (QED) is 0.856. The Hall–Kier alpha value is -0.970. The largest absolute Gasteiger partial charge is 0.395 e. The average molecular weight is 236 g/mol. The maximum absolute atomic E-state index is 8.99. The van der Waals surface area contributed by atoms with Gasteiger partial charge in [0.25, 0.3) is 0 Å². The molecule has 3 nitrogen and oxygen atoms in total. The smallest absolute Gasteiger partial charge is 0.111 e. The molecule has 1 aromatic carbocycles. The Kier molecular flexibility index (Phi) is 3.53. The number of nitrogens with one attached hydrogen (secondary N) is 1. The average Bonchev–Trinajstić information content (AvgIpc) is 2.72. The molecule has 4 heteroatoms. The first-order chi connectivity index (χ1) is 7.70. The molecule has 86 valence electrons. The second-order valence-corrected chi connectivity index (χ2v) is 5.05. The fraction of sp³-hybridized carbons (Fsp3) is 0.417. The molecule has 2 N–H and O–H groups in total. The molecule has 0 spiro atoms. The Bertz CT molecular complexity index is 436. The summed E-state index contributed by atoms with van der Waals surface area (Å²) in [5.74, 6) is 0. The molecule has 0 saturated heterocycles. The van der Waals surface area contributed by atoms with Gasteiger partial charge in [0.15, 0.2) is 0 Å². The molecule has 0 bridgehead atoms. The fourth-order valence-corrected chi connectivity index (χ4v) is 2.61. The highest BCUT2D eigenvalue weighted by atomic mass is 32.1. The summed E-state index contributed by atoms with van der Waals surface area (Å²) in [7, 11) is 0. The predicted octanol–water partition coefficient (Wildman–Crippen LogP) is 2.33. The van der Waals surface area contributed by atoms with Crippen molar-refractivity contribution in [2.75, 3.05) is 6.61 Å². The van der Waals surface area contributed by atoms with Crippen molar-refractivity contribution in [3.63, 3.8) is 0 Å². The molecule has 2 aromatic rings. The lowest BCUT2D eigenvalue weighted by atomic mass is 10.3. The summed E-state index contributed by atoms with van der Waals surface area (Å²) in [6.07, 6.45) is 0. The lowest BCUT2D eigenvalue weighted by Crippen LogP contribution is -2.31. The van der Waals surface area contributed by atoms with Crippen LogP contribution in [-0.4, -0.2) is 22.7 Å². The molecule has 2 atom stereocenters. The van der Waals surface area contributed by atoms with E-state index in [0.717, 1.165) is 10.5 Å². The van der Waals surface area contributed by atoms with Crippen molar-refractivity contribution in [2.45, 2.75) is 25.9 Å². The molecule has 16 heavy (non-hydrogen) atoms. The molecular weight excluding hydrogens is 220 g/mol. The first-order valence-corrected chi connectivity index (χ1v) is 6.24. The maximum atomic E-state index is 8.99. The van der Waals surface area contributed by atoms with E-state index < -0.39 is 0 Å². The fourth-order valence-electron chi connectivity index (χ4n) is 1.63. The van der Waals surface area contributed by atoms with Crippen LogP contribution in [0.3, 0.4) is 0 Å². The minimum atomic E-state index is 0.0991. The van der Waals surface area contributed by atoms with Gasteiger partial charge in [-0.1, -0.05) is 12.1 Å². The zero-order valence-electron chi connectivity index (χ0n) is 9.47. The van der Waals surface area contributed by atoms with Crippen molar-refractivity contribution in [3.8, 4) is 0 Å². The van der Waals surface area contributed by atoms with Crippen LogP contribution in [0.15, 0.2) is 24.3 Å². The predicted molar refractivity (Wildman–Crippen MR) is 67.7 cm³/mol. The molecule has 0 aliphatic carbocycles. The van der Waals surface area contributed by atoms with Crippen molar-refractivity contribution in [2.24, 2.45) is 0 Å². The van der Waals surface area contributed by atoms with Gasteiger partial charge in [-0.3, -0.25) is 0 Å². The number of aliphatic hydroxyl groups is 1. The van der Waals surface area contributed by atoms with E-state index in [1.165, 1.54) is 4.70 Å². The van der Waals surface area contributed by atoms with Crippen molar-refractivity contribution >= 4 is 21.6 Å². The highest BCUT2D eigenvalue weighted by molar-refractivity contribution is 7.18. The third-order valence-electron chi connectivity index (χ3n) is 2.49. The minimum absolute atomic E-state index is 0.0991. The van der Waals surface area contributed by atoms with Gasteiger partial charge in [0.1, 0.15) is 5.01 Å². The molecule has 0 aliphatic heterocycles. The lowest BCUT2D eigenvalue weighted by Gasteiger charge is -2.15. The molecule has 0 saturated carbocycles. The van der Waals surface area contributed by atoms with Crippen LogP contribution in [0.2, 0.25) is 0 Å². The number of fused-ring (bicyclic) bond motifs is 1. The molecule has 0 fully saturated rings. The molecule has 0 radical (unpaired) electrons. The van der Waals surface area contributed by atoms with E-state index in [4.69, 9.17) is 5.11 Å². The third-order valence-corrected chi connectivity index (χ3v) is 3.71. The van der Waals surface area contributed by atoms with Gasteiger partial charge < -0.3 is 10.4 Å². The van der Waals surface area contributed by atoms with Gasteiger partial charge in [-0.2, -0.15) is 0 Å². The summed E-state index contributed by atoms with van der Waals surface area (Å²) < 4.78 is 1.21. The molecule has 1 heterocycles. The second kappa shape index (κ2) is 4.91. The Morgan fingerprint density at radius 1 is 1.38 bits per heavy atom. The van der Waals surface area contributed by atoms with Crippen LogP contribution in [0.1, 0.15) is 24.9 Å². The number of hydrogen-bond donors (Lipinski definition) is 2. The van der Waals surface area contributed by atoms with E-state index in [1.807, 2.05) is 25.1 Å². The Balaban J connectivity index is 2.19. The minimum Gasteiger partial charge on any atom is -0.395 e. The van der Waals surface area contributed by atoms with Gasteiger partial charge in [0, 0.05) is 6.04 Å². The zero-order valence-corrected chi connectivity index (χ0v) is 10.3. The summed E-state index contributed by atoms with van der Waals surface area (Å²) in [4.78, 5) is 4.57. The Labute approximate surface area is 99.1 Å². The van der Waals surface area contributed by atoms with Gasteiger partial charge >= 0.3 is 0 Å². The van der Waals surface area contributed by atoms with E-state index in [9.17, 15) is 0 Å². The van der Waals surface area contributed by atoms with Gasteiger partial charge in [0.05, 0.1) is 22.9 Å². The topological polar surface area (TPSA) is 45.1 Å². The van der Waals surface area contributed by atoms with E-state index in [1.54, 1.807) is 11.3 Å². The standard InChI is InChI=1S/C12H16N2OS/c1-8(7-15)13-9(2)12-14-10-5-3-4-6-11(10)16-12/h3-6,8-9,13,15H,7H2,1-2H3/t8-,9?/m0/s1. The Morgan fingerprint density at radius 3 is 2.81 bits per heavy atom. The van der Waals surface area contributed by atoms with Crippen molar-refractivity contribution in [3.05, 3.63) is 29.3 Å². The van der Waals surface area contributed by atoms with Crippen LogP contribution < -0.4 is 5.32 Å². The third kappa shape index (κ3) is 2.40. The zero-order chi connectivity index (χ0) is 11.5. The van der Waals surface area contributed by atoms with Gasteiger partial charge in [-0.05, 0) is 26.0 Å². The van der Waals surface area contributed by atoms with E-state index >= 15 is 0 Å². The molecule has 0 aliphatic rings. The first kappa shape index (κ1) is 11.5. The molecule has 0 amide bonds. The molecule has 1 unspecified atom stereocenters. The number of aromatic nitrogens is 1. The summed E-state index contributed by atoms with van der Waals surface area (Å²) in [6, 6.07) is 8.41. The molecule has 1 aromatic heterocycles. The SMILES string of the molecule is CC(N[C@@H](C)CO)c1nc2ccccc2s1. The Morgan fingerprint density at radius 2 is 2.12 bits per heavy atom. The van der Waals surface area contributed by atoms with E-state index in [0.29, 0.717) is 0 Å². The molecule has 2 rings (SSSR count). The first-order valence-electron chi connectivity index (χ1n) is 5.43. The number of hydrogen-bond acceptors (Lipinski definition) is 4. The maximum Gasteiger partial charge on any atom is 0.111 e. The van der Waals surface area contributed by atoms with Crippen LogP contribution in [-0.2, 0) is 0 Å². The lowest BCUT2D eigenvalue weighted by molar-refractivity contribution is 0.243. The van der Waals surface area contributed by atoms with Crippen LogP contribution in [0.4, 0.5) is 0 Å². The highest BCUT2D eigenvalue weighted by Crippen LogP contribution is 2.26. The van der Waals surface area contributed by atoms with Crippen molar-refractivity contribution in [1.29, 1.82) is 0 Å². The monoisotopic (exact) mass is 236 g/mol. The van der Waals surface area contributed by atoms with E-state index in [2.05, 4.69) is 23.3 Å². The number of para-hydroxylation sites is 1. The summed E-state index contributed by atoms with van der Waals surface area (Å²) in [5, 5.41) is 13.4. The van der Waals surface area contributed by atoms with Gasteiger partial charge in [-0.15, -0.1) is 11.3 Å². The van der Waals surface area contributed by atoms with Crippen LogP contribution in [0, 0.1) is 0 Å². The number of benzene rings is 1. The highest BCUT2D eigenvalue weighted by Gasteiger charge is 2.12. The molecular formula is C12H16N2OS. The summed E-state index contributed by atoms with van der Waals surface area (Å²) in [5.41, 5.74) is 1.05. The van der Waals surface area contributed by atoms with Gasteiger partial charge in [0.2, 0.25) is 0 Å². The number of rotatable bonds is 4.